The van der Waals surface area contributed by atoms with Crippen molar-refractivity contribution in [1.29, 1.82) is 5.26 Å². The minimum absolute atomic E-state index is 1.16. The molecule has 1 aliphatic rings. The van der Waals surface area contributed by atoms with Crippen molar-refractivity contribution in [2.75, 3.05) is 20.3 Å². The molecule has 1 aliphatic heterocycles. The molecule has 0 aromatic carbocycles. The van der Waals surface area contributed by atoms with Gasteiger partial charge < -0.3 is 17.5 Å². The standard InChI is InChI=1S/C10H20N2.CHNS/c1-3-4-5-6-7-12-9-8-11(2)10-12;2-1-3/h8-9H,3-7,10H2,1-2H3;3H. The van der Waals surface area contributed by atoms with Gasteiger partial charge in [0.2, 0.25) is 0 Å². The highest BCUT2D eigenvalue weighted by Crippen LogP contribution is 1.96. The summed E-state index contributed by atoms with van der Waals surface area (Å²) in [6.07, 6.45) is 9.96. The molecule has 1 unspecified atom stereocenters. The molecule has 15 heavy (non-hydrogen) atoms. The van der Waals surface area contributed by atoms with Gasteiger partial charge in [-0.1, -0.05) is 25.2 Å². The SMILES string of the molecule is CCCCCC[NH+]1C=CN(C)C1.N#C[S-]. The second-order valence-electron chi connectivity index (χ2n) is 3.79. The maximum atomic E-state index is 7.13. The number of nitriles is 1. The van der Waals surface area contributed by atoms with Crippen LogP contribution in [-0.2, 0) is 12.6 Å². The van der Waals surface area contributed by atoms with E-state index >= 15 is 0 Å². The van der Waals surface area contributed by atoms with E-state index in [9.17, 15) is 0 Å². The molecular weight excluding hydrogens is 206 g/mol. The van der Waals surface area contributed by atoms with E-state index in [-0.39, 0.29) is 0 Å². The van der Waals surface area contributed by atoms with Crippen molar-refractivity contribution in [2.24, 2.45) is 0 Å². The Morgan fingerprint density at radius 2 is 2.13 bits per heavy atom. The Labute approximate surface area is 98.8 Å². The van der Waals surface area contributed by atoms with Crippen molar-refractivity contribution < 1.29 is 4.90 Å². The van der Waals surface area contributed by atoms with Crippen molar-refractivity contribution in [1.82, 2.24) is 4.90 Å². The molecule has 1 atom stereocenters. The first-order valence-corrected chi connectivity index (χ1v) is 5.89. The molecule has 0 aliphatic carbocycles. The number of rotatable bonds is 5. The highest BCUT2D eigenvalue weighted by Gasteiger charge is 2.11. The molecule has 1 N–H and O–H groups in total. The van der Waals surface area contributed by atoms with Crippen molar-refractivity contribution in [3.8, 4) is 5.40 Å². The average molecular weight is 227 g/mol. The van der Waals surface area contributed by atoms with Crippen molar-refractivity contribution >= 4 is 12.6 Å². The van der Waals surface area contributed by atoms with Gasteiger partial charge in [-0.2, -0.15) is 0 Å². The number of nitrogens with zero attached hydrogens (tertiary/aromatic N) is 2. The van der Waals surface area contributed by atoms with Gasteiger partial charge in [0.1, 0.15) is 6.20 Å². The van der Waals surface area contributed by atoms with Gasteiger partial charge in [-0.3, -0.25) is 4.90 Å². The third-order valence-electron chi connectivity index (χ3n) is 2.37. The first-order valence-electron chi connectivity index (χ1n) is 5.49. The zero-order valence-electron chi connectivity index (χ0n) is 9.70. The van der Waals surface area contributed by atoms with Crippen LogP contribution in [0.1, 0.15) is 32.6 Å². The lowest BCUT2D eigenvalue weighted by molar-refractivity contribution is -0.848. The zero-order valence-corrected chi connectivity index (χ0v) is 10.5. The smallest absolute Gasteiger partial charge is 0.156 e. The number of thiocyanates is 1. The van der Waals surface area contributed by atoms with Gasteiger partial charge in [-0.05, 0) is 12.8 Å². The molecule has 0 saturated heterocycles. The van der Waals surface area contributed by atoms with E-state index in [0.29, 0.717) is 0 Å². The van der Waals surface area contributed by atoms with Gasteiger partial charge in [-0.25, -0.2) is 5.26 Å². The number of hydrogen-bond donors (Lipinski definition) is 1. The van der Waals surface area contributed by atoms with Gasteiger partial charge in [0.05, 0.1) is 12.7 Å². The fraction of sp³-hybridized carbons (Fsp3) is 0.727. The highest BCUT2D eigenvalue weighted by atomic mass is 32.1. The van der Waals surface area contributed by atoms with Crippen LogP contribution in [0.2, 0.25) is 0 Å². The van der Waals surface area contributed by atoms with Crippen LogP contribution in [0.3, 0.4) is 0 Å². The second-order valence-corrected chi connectivity index (χ2v) is 3.97. The minimum Gasteiger partial charge on any atom is -0.696 e. The summed E-state index contributed by atoms with van der Waals surface area (Å²) in [5.41, 5.74) is 0. The van der Waals surface area contributed by atoms with Crippen LogP contribution >= 0.6 is 0 Å². The van der Waals surface area contributed by atoms with E-state index in [0.717, 1.165) is 6.67 Å². The van der Waals surface area contributed by atoms with Gasteiger partial charge >= 0.3 is 0 Å². The highest BCUT2D eigenvalue weighted by molar-refractivity contribution is 7.64. The molecule has 0 spiro atoms. The molecule has 0 radical (unpaired) electrons. The molecule has 0 amide bonds. The Kier molecular flexibility index (Phi) is 9.24. The monoisotopic (exact) mass is 227 g/mol. The van der Waals surface area contributed by atoms with Gasteiger partial charge in [0.25, 0.3) is 0 Å². The van der Waals surface area contributed by atoms with Crippen molar-refractivity contribution in [2.45, 2.75) is 32.6 Å². The fourth-order valence-corrected chi connectivity index (χ4v) is 1.60. The predicted molar refractivity (Wildman–Crippen MR) is 64.7 cm³/mol. The Balaban J connectivity index is 0.000000583. The molecule has 1 rings (SSSR count). The van der Waals surface area contributed by atoms with E-state index in [1.165, 1.54) is 37.6 Å². The molecule has 0 bridgehead atoms. The molecule has 0 fully saturated rings. The third-order valence-corrected chi connectivity index (χ3v) is 2.37. The first-order chi connectivity index (χ1) is 7.24. The quantitative estimate of drug-likeness (QED) is 0.429. The average Bonchev–Trinajstić information content (AvgIpc) is 2.60. The normalized spacial score (nSPS) is 18.2. The number of quaternary nitrogens is 1. The third kappa shape index (κ3) is 8.22. The van der Waals surface area contributed by atoms with Crippen LogP contribution in [0.25, 0.3) is 0 Å². The molecule has 1 heterocycles. The minimum atomic E-state index is 1.16. The van der Waals surface area contributed by atoms with E-state index < -0.39 is 0 Å². The molecule has 0 saturated carbocycles. The summed E-state index contributed by atoms with van der Waals surface area (Å²) in [6.45, 7) is 4.73. The number of unbranched alkanes of at least 4 members (excludes halogenated alkanes) is 3. The first kappa shape index (κ1) is 14.2. The van der Waals surface area contributed by atoms with Crippen LogP contribution < -0.4 is 4.90 Å². The summed E-state index contributed by atoms with van der Waals surface area (Å²) in [5, 5.41) is 8.47. The molecule has 0 aromatic heterocycles. The molecule has 4 heteroatoms. The topological polar surface area (TPSA) is 31.5 Å². The van der Waals surface area contributed by atoms with Gasteiger partial charge in [0, 0.05) is 7.05 Å². The zero-order chi connectivity index (χ0) is 11.5. The van der Waals surface area contributed by atoms with Gasteiger partial charge in [0.15, 0.2) is 6.67 Å². The van der Waals surface area contributed by atoms with Crippen LogP contribution in [0, 0.1) is 10.7 Å². The van der Waals surface area contributed by atoms with Crippen LogP contribution in [0.5, 0.6) is 0 Å². The predicted octanol–water partition coefficient (Wildman–Crippen LogP) is 0.840. The van der Waals surface area contributed by atoms with Crippen LogP contribution in [0.4, 0.5) is 0 Å². The maximum Gasteiger partial charge on any atom is 0.156 e. The summed E-state index contributed by atoms with van der Waals surface area (Å²) in [4.78, 5) is 3.85. The number of nitrogens with one attached hydrogen (secondary N) is 1. The summed E-state index contributed by atoms with van der Waals surface area (Å²) in [5.74, 6) is 0. The van der Waals surface area contributed by atoms with Crippen molar-refractivity contribution in [3.05, 3.63) is 12.4 Å². The number of hydrogen-bond acceptors (Lipinski definition) is 3. The largest absolute Gasteiger partial charge is 0.696 e. The summed E-state index contributed by atoms with van der Waals surface area (Å²) in [6, 6.07) is 0. The summed E-state index contributed by atoms with van der Waals surface area (Å²) >= 11 is 3.70. The van der Waals surface area contributed by atoms with E-state index in [4.69, 9.17) is 5.26 Å². The van der Waals surface area contributed by atoms with Crippen LogP contribution in [-0.4, -0.2) is 25.2 Å². The van der Waals surface area contributed by atoms with Gasteiger partial charge in [-0.15, -0.1) is 0 Å². The molecule has 86 valence electrons. The Bertz CT molecular complexity index is 210. The van der Waals surface area contributed by atoms with Crippen LogP contribution in [0.15, 0.2) is 12.4 Å². The lowest BCUT2D eigenvalue weighted by atomic mass is 10.2. The van der Waals surface area contributed by atoms with E-state index in [1.807, 2.05) is 0 Å². The molecular formula is C11H21N3S. The van der Waals surface area contributed by atoms with E-state index in [2.05, 4.69) is 43.9 Å². The van der Waals surface area contributed by atoms with E-state index in [1.54, 1.807) is 4.90 Å². The lowest BCUT2D eigenvalue weighted by Crippen LogP contribution is -3.07. The molecule has 0 aromatic rings. The fourth-order valence-electron chi connectivity index (χ4n) is 1.60. The maximum absolute atomic E-state index is 7.13. The van der Waals surface area contributed by atoms with Crippen molar-refractivity contribution in [3.63, 3.8) is 0 Å². The Morgan fingerprint density at radius 3 is 2.60 bits per heavy atom. The summed E-state index contributed by atoms with van der Waals surface area (Å²) < 4.78 is 0. The Hall–Kier alpha value is -0.790. The lowest BCUT2D eigenvalue weighted by Gasteiger charge is -2.12. The molecule has 3 nitrogen and oxygen atoms in total. The Morgan fingerprint density at radius 1 is 1.47 bits per heavy atom. The summed E-state index contributed by atoms with van der Waals surface area (Å²) in [7, 11) is 2.13. The second kappa shape index (κ2) is 9.75.